The summed E-state index contributed by atoms with van der Waals surface area (Å²) < 4.78 is 0. The van der Waals surface area contributed by atoms with Crippen LogP contribution in [-0.2, 0) is 0 Å². The number of hydrogen-bond acceptors (Lipinski definition) is 7. The zero-order valence-corrected chi connectivity index (χ0v) is 6.85. The van der Waals surface area contributed by atoms with Gasteiger partial charge in [0.2, 0.25) is 0 Å². The molecule has 0 aliphatic heterocycles. The predicted molar refractivity (Wildman–Crippen MR) is 43.8 cm³/mol. The Hall–Kier alpha value is -0.730. The molecule has 0 fully saturated rings. The normalized spacial score (nSPS) is 21.3. The molecule has 4 atom stereocenters. The van der Waals surface area contributed by atoms with Gasteiger partial charge in [0.25, 0.3) is 0 Å². The van der Waals surface area contributed by atoms with Gasteiger partial charge in [-0.25, -0.2) is 0 Å². The van der Waals surface area contributed by atoms with Crippen LogP contribution in [0.3, 0.4) is 0 Å². The second kappa shape index (κ2) is 5.84. The Morgan fingerprint density at radius 1 is 1.15 bits per heavy atom. The lowest BCUT2D eigenvalue weighted by atomic mass is 10.0. The zero-order valence-electron chi connectivity index (χ0n) is 6.85. The minimum absolute atomic E-state index is 0.718. The molecule has 0 bridgehead atoms. The monoisotopic (exact) mass is 194 g/mol. The highest BCUT2D eigenvalue weighted by molar-refractivity contribution is 5.63. The largest absolute Gasteiger partial charge is 0.394 e. The van der Waals surface area contributed by atoms with E-state index in [4.69, 9.17) is 25.5 Å². The first-order valence-corrected chi connectivity index (χ1v) is 3.61. The quantitative estimate of drug-likeness (QED) is 0.152. The first kappa shape index (κ1) is 12.3. The average Bonchev–Trinajstić information content (AvgIpc) is 2.14. The summed E-state index contributed by atoms with van der Waals surface area (Å²) in [5.41, 5.74) is 0. The van der Waals surface area contributed by atoms with Crippen molar-refractivity contribution in [3.05, 3.63) is 0 Å². The number of hydrogen-bond donors (Lipinski definition) is 6. The number of aliphatic hydroxyl groups excluding tert-OH is 5. The third-order valence-electron chi connectivity index (χ3n) is 1.52. The van der Waals surface area contributed by atoms with Crippen LogP contribution in [0.4, 0.5) is 0 Å². The maximum atomic E-state index is 9.10. The van der Waals surface area contributed by atoms with Crippen molar-refractivity contribution in [1.29, 1.82) is 0 Å². The van der Waals surface area contributed by atoms with Crippen LogP contribution in [0, 0.1) is 0 Å². The molecule has 13 heavy (non-hydrogen) atoms. The van der Waals surface area contributed by atoms with Crippen molar-refractivity contribution in [2.45, 2.75) is 24.4 Å². The average molecular weight is 194 g/mol. The molecule has 0 saturated carbocycles. The Labute approximate surface area is 74.7 Å². The highest BCUT2D eigenvalue weighted by Gasteiger charge is 2.28. The minimum Gasteiger partial charge on any atom is -0.394 e. The van der Waals surface area contributed by atoms with E-state index >= 15 is 0 Å². The molecule has 0 rings (SSSR count). The topological polar surface area (TPSA) is 140 Å². The summed E-state index contributed by atoms with van der Waals surface area (Å²) in [5, 5.41) is 47.4. The number of nitrogens with two attached hydrogens (primary N) is 1. The van der Waals surface area contributed by atoms with Gasteiger partial charge in [0.1, 0.15) is 24.4 Å². The van der Waals surface area contributed by atoms with E-state index in [2.05, 4.69) is 10.9 Å². The molecule has 0 amide bonds. The Morgan fingerprint density at radius 2 is 1.69 bits per heavy atom. The maximum Gasteiger partial charge on any atom is 0.119 e. The lowest BCUT2D eigenvalue weighted by molar-refractivity contribution is -0.0999. The van der Waals surface area contributed by atoms with Crippen LogP contribution in [0.1, 0.15) is 0 Å². The smallest absolute Gasteiger partial charge is 0.119 e. The van der Waals surface area contributed by atoms with Gasteiger partial charge in [-0.05, 0) is 0 Å². The fourth-order valence-electron chi connectivity index (χ4n) is 0.714. The lowest BCUT2D eigenvalue weighted by Crippen LogP contribution is -2.46. The fraction of sp³-hybridized carbons (Fsp3) is 0.833. The van der Waals surface area contributed by atoms with Crippen molar-refractivity contribution in [3.8, 4) is 0 Å². The molecule has 7 N–H and O–H groups in total. The first-order chi connectivity index (χ1) is 6.04. The second-order valence-electron chi connectivity index (χ2n) is 2.52. The molecular formula is C6H14N2O5. The molecule has 0 aromatic carbocycles. The van der Waals surface area contributed by atoms with Gasteiger partial charge >= 0.3 is 0 Å². The van der Waals surface area contributed by atoms with Crippen molar-refractivity contribution < 1.29 is 25.5 Å². The second-order valence-corrected chi connectivity index (χ2v) is 2.52. The molecule has 0 spiro atoms. The summed E-state index contributed by atoms with van der Waals surface area (Å²) in [6.07, 6.45) is -5.50. The Kier molecular flexibility index (Phi) is 5.51. The van der Waals surface area contributed by atoms with Gasteiger partial charge in [0.05, 0.1) is 12.8 Å². The molecule has 0 radical (unpaired) electrons. The van der Waals surface area contributed by atoms with Crippen LogP contribution in [0.25, 0.3) is 0 Å². The van der Waals surface area contributed by atoms with E-state index in [-0.39, 0.29) is 0 Å². The van der Waals surface area contributed by atoms with E-state index in [0.29, 0.717) is 0 Å². The summed E-state index contributed by atoms with van der Waals surface area (Å²) in [4.78, 5) is 0. The summed E-state index contributed by atoms with van der Waals surface area (Å²) in [6, 6.07) is 0. The Balaban J connectivity index is 4.15. The predicted octanol–water partition coefficient (Wildman–Crippen LogP) is -3.63. The van der Waals surface area contributed by atoms with Gasteiger partial charge in [-0.2, -0.15) is 5.10 Å². The zero-order chi connectivity index (χ0) is 10.4. The van der Waals surface area contributed by atoms with Crippen LogP contribution in [-0.4, -0.2) is 62.8 Å². The van der Waals surface area contributed by atoms with E-state index in [1.165, 1.54) is 0 Å². The molecule has 0 aliphatic carbocycles. The van der Waals surface area contributed by atoms with Crippen molar-refractivity contribution in [2.24, 2.45) is 10.9 Å². The summed E-state index contributed by atoms with van der Waals surface area (Å²) >= 11 is 0. The van der Waals surface area contributed by atoms with Crippen LogP contribution in [0.15, 0.2) is 5.10 Å². The summed E-state index contributed by atoms with van der Waals surface area (Å²) in [6.45, 7) is -0.718. The lowest BCUT2D eigenvalue weighted by Gasteiger charge is -2.23. The van der Waals surface area contributed by atoms with Crippen molar-refractivity contribution in [1.82, 2.24) is 0 Å². The van der Waals surface area contributed by atoms with Crippen LogP contribution >= 0.6 is 0 Å². The molecule has 0 aromatic rings. The van der Waals surface area contributed by atoms with Crippen molar-refractivity contribution >= 4 is 6.21 Å². The van der Waals surface area contributed by atoms with E-state index in [0.717, 1.165) is 6.21 Å². The summed E-state index contributed by atoms with van der Waals surface area (Å²) in [5.74, 6) is 4.68. The fourth-order valence-corrected chi connectivity index (χ4v) is 0.714. The van der Waals surface area contributed by atoms with E-state index in [1.54, 1.807) is 0 Å². The molecule has 7 nitrogen and oxygen atoms in total. The van der Waals surface area contributed by atoms with Gasteiger partial charge in [-0.1, -0.05) is 0 Å². The van der Waals surface area contributed by atoms with Gasteiger partial charge in [-0.3, -0.25) is 0 Å². The number of nitrogens with zero attached hydrogens (tertiary/aromatic N) is 1. The molecular weight excluding hydrogens is 180 g/mol. The van der Waals surface area contributed by atoms with Gasteiger partial charge in [0, 0.05) is 0 Å². The van der Waals surface area contributed by atoms with Crippen LogP contribution < -0.4 is 5.84 Å². The Bertz CT molecular complexity index is 165. The highest BCUT2D eigenvalue weighted by atomic mass is 16.4. The molecule has 0 heterocycles. The molecule has 78 valence electrons. The van der Waals surface area contributed by atoms with E-state index < -0.39 is 31.0 Å². The standard InChI is InChI=1S/C6H14N2O5/c7-8-1-3(10)5(12)6(13)4(11)2-9/h1,3-6,9-13H,2,7H2/b8-1-/t3-,4+,5+,6+/m0/s1. The molecule has 0 aromatic heterocycles. The number of rotatable bonds is 5. The van der Waals surface area contributed by atoms with Crippen molar-refractivity contribution in [2.75, 3.05) is 6.61 Å². The van der Waals surface area contributed by atoms with Gasteiger partial charge < -0.3 is 31.4 Å². The summed E-state index contributed by atoms with van der Waals surface area (Å²) in [7, 11) is 0. The van der Waals surface area contributed by atoms with Crippen LogP contribution in [0.5, 0.6) is 0 Å². The van der Waals surface area contributed by atoms with E-state index in [9.17, 15) is 0 Å². The number of hydrazone groups is 1. The number of aliphatic hydroxyl groups is 5. The highest BCUT2D eigenvalue weighted by Crippen LogP contribution is 2.03. The third-order valence-corrected chi connectivity index (χ3v) is 1.52. The van der Waals surface area contributed by atoms with Gasteiger partial charge in [0.15, 0.2) is 0 Å². The SMILES string of the molecule is N/N=C\[C@H](O)[C@@H](O)[C@H](O)[C@H](O)CO. The Morgan fingerprint density at radius 3 is 2.08 bits per heavy atom. The van der Waals surface area contributed by atoms with E-state index in [1.807, 2.05) is 0 Å². The minimum atomic E-state index is -1.65. The molecule has 0 unspecified atom stereocenters. The molecule has 0 saturated heterocycles. The van der Waals surface area contributed by atoms with Gasteiger partial charge in [-0.15, -0.1) is 0 Å². The van der Waals surface area contributed by atoms with Crippen molar-refractivity contribution in [3.63, 3.8) is 0 Å². The maximum absolute atomic E-state index is 9.10. The first-order valence-electron chi connectivity index (χ1n) is 3.61. The molecule has 0 aliphatic rings. The third kappa shape index (κ3) is 3.66. The van der Waals surface area contributed by atoms with Crippen LogP contribution in [0.2, 0.25) is 0 Å². The molecule has 7 heteroatoms.